The standard InChI is InChI=1S/C22H26N4O2/c1-22(2,3)28-21(27)18(23)14-19-24-20(17-12-8-5-9-13-17)25-26(19)15-16-10-6-4-7-11-16/h4-13,18H,14-15,23H2,1-3H3. The molecule has 1 unspecified atom stereocenters. The molecule has 2 aromatic carbocycles. The molecule has 0 radical (unpaired) electrons. The molecule has 0 aliphatic carbocycles. The molecule has 0 saturated heterocycles. The molecule has 1 atom stereocenters. The van der Waals surface area contributed by atoms with Gasteiger partial charge >= 0.3 is 5.97 Å². The molecule has 6 heteroatoms. The third-order valence-corrected chi connectivity index (χ3v) is 4.07. The summed E-state index contributed by atoms with van der Waals surface area (Å²) in [5.74, 6) is 0.826. The average Bonchev–Trinajstić information content (AvgIpc) is 3.04. The number of ether oxygens (including phenoxy) is 1. The lowest BCUT2D eigenvalue weighted by Gasteiger charge is -2.22. The van der Waals surface area contributed by atoms with Gasteiger partial charge in [-0.3, -0.25) is 4.79 Å². The van der Waals surface area contributed by atoms with Crippen LogP contribution in [0.3, 0.4) is 0 Å². The fraction of sp³-hybridized carbons (Fsp3) is 0.318. The molecular weight excluding hydrogens is 352 g/mol. The Morgan fingerprint density at radius 1 is 1.07 bits per heavy atom. The molecule has 3 aromatic rings. The molecule has 3 rings (SSSR count). The summed E-state index contributed by atoms with van der Waals surface area (Å²) in [7, 11) is 0. The molecule has 1 heterocycles. The highest BCUT2D eigenvalue weighted by Gasteiger charge is 2.25. The maximum Gasteiger partial charge on any atom is 0.323 e. The fourth-order valence-corrected chi connectivity index (χ4v) is 2.78. The van der Waals surface area contributed by atoms with Gasteiger partial charge in [0, 0.05) is 12.0 Å². The summed E-state index contributed by atoms with van der Waals surface area (Å²) in [6.07, 6.45) is 0.252. The lowest BCUT2D eigenvalue weighted by atomic mass is 10.1. The zero-order chi connectivity index (χ0) is 20.1. The number of benzene rings is 2. The molecule has 0 aliphatic heterocycles. The van der Waals surface area contributed by atoms with E-state index >= 15 is 0 Å². The van der Waals surface area contributed by atoms with Gasteiger partial charge in [-0.15, -0.1) is 0 Å². The summed E-state index contributed by atoms with van der Waals surface area (Å²) < 4.78 is 7.21. The van der Waals surface area contributed by atoms with Crippen molar-refractivity contribution >= 4 is 5.97 Å². The van der Waals surface area contributed by atoms with E-state index in [1.807, 2.05) is 86.1 Å². The topological polar surface area (TPSA) is 83.0 Å². The summed E-state index contributed by atoms with van der Waals surface area (Å²) in [6, 6.07) is 18.9. The van der Waals surface area contributed by atoms with Gasteiger partial charge in [0.25, 0.3) is 0 Å². The molecule has 1 aromatic heterocycles. The van der Waals surface area contributed by atoms with E-state index in [1.165, 1.54) is 0 Å². The quantitative estimate of drug-likeness (QED) is 0.666. The van der Waals surface area contributed by atoms with Crippen molar-refractivity contribution in [3.8, 4) is 11.4 Å². The summed E-state index contributed by atoms with van der Waals surface area (Å²) in [5.41, 5.74) is 7.54. The highest BCUT2D eigenvalue weighted by Crippen LogP contribution is 2.17. The lowest BCUT2D eigenvalue weighted by Crippen LogP contribution is -2.39. The van der Waals surface area contributed by atoms with Crippen LogP contribution in [-0.4, -0.2) is 32.4 Å². The van der Waals surface area contributed by atoms with Crippen LogP contribution in [0.25, 0.3) is 11.4 Å². The van der Waals surface area contributed by atoms with Gasteiger partial charge in [-0.25, -0.2) is 9.67 Å². The number of esters is 1. The predicted octanol–water partition coefficient (Wildman–Crippen LogP) is 3.20. The van der Waals surface area contributed by atoms with Crippen LogP contribution in [-0.2, 0) is 22.5 Å². The highest BCUT2D eigenvalue weighted by atomic mass is 16.6. The van der Waals surface area contributed by atoms with Crippen LogP contribution >= 0.6 is 0 Å². The third-order valence-electron chi connectivity index (χ3n) is 4.07. The van der Waals surface area contributed by atoms with Crippen LogP contribution in [0.4, 0.5) is 0 Å². The highest BCUT2D eigenvalue weighted by molar-refractivity contribution is 5.76. The fourth-order valence-electron chi connectivity index (χ4n) is 2.78. The van der Waals surface area contributed by atoms with Gasteiger partial charge in [0.15, 0.2) is 5.82 Å². The molecule has 28 heavy (non-hydrogen) atoms. The molecule has 0 spiro atoms. The Labute approximate surface area is 165 Å². The van der Waals surface area contributed by atoms with Crippen LogP contribution in [0.5, 0.6) is 0 Å². The number of hydrogen-bond donors (Lipinski definition) is 1. The zero-order valence-corrected chi connectivity index (χ0v) is 16.5. The van der Waals surface area contributed by atoms with E-state index in [4.69, 9.17) is 10.5 Å². The van der Waals surface area contributed by atoms with Crippen molar-refractivity contribution in [3.63, 3.8) is 0 Å². The second kappa shape index (κ2) is 8.35. The van der Waals surface area contributed by atoms with E-state index in [0.29, 0.717) is 18.2 Å². The van der Waals surface area contributed by atoms with Crippen LogP contribution in [0.2, 0.25) is 0 Å². The minimum atomic E-state index is -0.804. The molecule has 0 fully saturated rings. The maximum absolute atomic E-state index is 12.3. The Morgan fingerprint density at radius 2 is 1.68 bits per heavy atom. The van der Waals surface area contributed by atoms with Crippen LogP contribution in [0, 0.1) is 0 Å². The van der Waals surface area contributed by atoms with Crippen molar-refractivity contribution in [1.29, 1.82) is 0 Å². The largest absolute Gasteiger partial charge is 0.459 e. The number of carbonyl (C=O) groups is 1. The van der Waals surface area contributed by atoms with Crippen molar-refractivity contribution in [3.05, 3.63) is 72.1 Å². The van der Waals surface area contributed by atoms with Crippen LogP contribution in [0.15, 0.2) is 60.7 Å². The normalized spacial score (nSPS) is 12.6. The second-order valence-corrected chi connectivity index (χ2v) is 7.70. The number of rotatable bonds is 6. The van der Waals surface area contributed by atoms with Crippen LogP contribution in [0.1, 0.15) is 32.2 Å². The van der Waals surface area contributed by atoms with Gasteiger partial charge in [-0.1, -0.05) is 60.7 Å². The molecule has 6 nitrogen and oxygen atoms in total. The molecular formula is C22H26N4O2. The molecule has 146 valence electrons. The minimum absolute atomic E-state index is 0.252. The first-order valence-corrected chi connectivity index (χ1v) is 9.33. The minimum Gasteiger partial charge on any atom is -0.459 e. The van der Waals surface area contributed by atoms with E-state index in [-0.39, 0.29) is 6.42 Å². The number of nitrogens with zero attached hydrogens (tertiary/aromatic N) is 3. The summed E-state index contributed by atoms with van der Waals surface area (Å²) in [5, 5.41) is 4.66. The Bertz CT molecular complexity index is 915. The van der Waals surface area contributed by atoms with E-state index in [9.17, 15) is 4.79 Å². The van der Waals surface area contributed by atoms with Crippen molar-refractivity contribution in [2.24, 2.45) is 5.73 Å². The Morgan fingerprint density at radius 3 is 2.29 bits per heavy atom. The molecule has 0 aliphatic rings. The summed E-state index contributed by atoms with van der Waals surface area (Å²) in [6.45, 7) is 6.02. The lowest BCUT2D eigenvalue weighted by molar-refractivity contribution is -0.156. The predicted molar refractivity (Wildman–Crippen MR) is 109 cm³/mol. The monoisotopic (exact) mass is 378 g/mol. The van der Waals surface area contributed by atoms with Gasteiger partial charge in [-0.05, 0) is 26.3 Å². The third kappa shape index (κ3) is 5.27. The van der Waals surface area contributed by atoms with Crippen molar-refractivity contribution in [2.45, 2.75) is 45.4 Å². The Balaban J connectivity index is 1.87. The number of hydrogen-bond acceptors (Lipinski definition) is 5. The zero-order valence-electron chi connectivity index (χ0n) is 16.5. The first kappa shape index (κ1) is 19.8. The van der Waals surface area contributed by atoms with Crippen molar-refractivity contribution < 1.29 is 9.53 Å². The van der Waals surface area contributed by atoms with E-state index in [2.05, 4.69) is 10.1 Å². The van der Waals surface area contributed by atoms with Gasteiger partial charge < -0.3 is 10.5 Å². The molecule has 0 saturated carbocycles. The number of nitrogens with two attached hydrogens (primary N) is 1. The second-order valence-electron chi connectivity index (χ2n) is 7.70. The average molecular weight is 378 g/mol. The molecule has 2 N–H and O–H groups in total. The van der Waals surface area contributed by atoms with Crippen molar-refractivity contribution in [2.75, 3.05) is 0 Å². The molecule has 0 bridgehead atoms. The number of aromatic nitrogens is 3. The Kier molecular flexibility index (Phi) is 5.90. The first-order valence-electron chi connectivity index (χ1n) is 9.33. The Hall–Kier alpha value is -2.99. The van der Waals surface area contributed by atoms with Gasteiger partial charge in [-0.2, -0.15) is 5.10 Å². The van der Waals surface area contributed by atoms with E-state index < -0.39 is 17.6 Å². The van der Waals surface area contributed by atoms with Crippen molar-refractivity contribution in [1.82, 2.24) is 14.8 Å². The maximum atomic E-state index is 12.3. The van der Waals surface area contributed by atoms with Gasteiger partial charge in [0.1, 0.15) is 17.5 Å². The number of carbonyl (C=O) groups excluding carboxylic acids is 1. The van der Waals surface area contributed by atoms with E-state index in [1.54, 1.807) is 0 Å². The van der Waals surface area contributed by atoms with Crippen LogP contribution < -0.4 is 5.73 Å². The summed E-state index contributed by atoms with van der Waals surface area (Å²) >= 11 is 0. The smallest absolute Gasteiger partial charge is 0.323 e. The van der Waals surface area contributed by atoms with Gasteiger partial charge in [0.2, 0.25) is 0 Å². The SMILES string of the molecule is CC(C)(C)OC(=O)C(N)Cc1nc(-c2ccccc2)nn1Cc1ccccc1. The first-order chi connectivity index (χ1) is 13.3. The molecule has 0 amide bonds. The summed E-state index contributed by atoms with van der Waals surface area (Å²) in [4.78, 5) is 17.0. The van der Waals surface area contributed by atoms with E-state index in [0.717, 1.165) is 11.1 Å². The van der Waals surface area contributed by atoms with Gasteiger partial charge in [0.05, 0.1) is 6.54 Å².